The normalized spacial score (nSPS) is 24.0. The van der Waals surface area contributed by atoms with Crippen LogP contribution in [0.3, 0.4) is 0 Å². The van der Waals surface area contributed by atoms with E-state index in [1.54, 1.807) is 9.80 Å². The first kappa shape index (κ1) is 17.1. The Bertz CT molecular complexity index is 747. The van der Waals surface area contributed by atoms with Gasteiger partial charge in [0.1, 0.15) is 6.04 Å². The highest BCUT2D eigenvalue weighted by Gasteiger charge is 2.46. The average Bonchev–Trinajstić information content (AvgIpc) is 3.39. The molecule has 1 saturated carbocycles. The third-order valence-corrected chi connectivity index (χ3v) is 5.64. The van der Waals surface area contributed by atoms with Crippen molar-refractivity contribution in [1.29, 1.82) is 0 Å². The number of urea groups is 1. The molecule has 3 aliphatic rings. The smallest absolute Gasteiger partial charge is 0.317 e. The third kappa shape index (κ3) is 3.35. The maximum atomic E-state index is 12.7. The summed E-state index contributed by atoms with van der Waals surface area (Å²) in [6.45, 7) is 1.12. The molecule has 2 saturated heterocycles. The molecule has 0 spiro atoms. The molecular weight excluding hydrogens is 356 g/mol. The van der Waals surface area contributed by atoms with Gasteiger partial charge in [0.25, 0.3) is 0 Å². The SMILES string of the molecule is O=C1NCC(=O)N2CCN(C(=O)NC3(Cc4ccc(Cl)cc4)CC3)C[C@H]12. The highest BCUT2D eigenvalue weighted by molar-refractivity contribution is 6.30. The van der Waals surface area contributed by atoms with E-state index in [1.807, 2.05) is 24.3 Å². The summed E-state index contributed by atoms with van der Waals surface area (Å²) >= 11 is 5.93. The number of halogens is 1. The fourth-order valence-electron chi connectivity index (χ4n) is 3.67. The third-order valence-electron chi connectivity index (χ3n) is 5.39. The number of piperazine rings is 2. The Hall–Kier alpha value is -2.28. The van der Waals surface area contributed by atoms with Gasteiger partial charge in [-0.3, -0.25) is 9.59 Å². The largest absolute Gasteiger partial charge is 0.345 e. The van der Waals surface area contributed by atoms with E-state index in [1.165, 1.54) is 0 Å². The van der Waals surface area contributed by atoms with E-state index >= 15 is 0 Å². The second-order valence-electron chi connectivity index (χ2n) is 7.28. The van der Waals surface area contributed by atoms with Crippen LogP contribution in [0.4, 0.5) is 4.79 Å². The highest BCUT2D eigenvalue weighted by atomic mass is 35.5. The second-order valence-corrected chi connectivity index (χ2v) is 7.72. The molecule has 0 aromatic heterocycles. The Labute approximate surface area is 156 Å². The number of amides is 4. The van der Waals surface area contributed by atoms with Crippen LogP contribution in [0.15, 0.2) is 24.3 Å². The predicted octanol–water partition coefficient (Wildman–Crippen LogP) is 0.767. The lowest BCUT2D eigenvalue weighted by Gasteiger charge is -2.43. The van der Waals surface area contributed by atoms with Crippen LogP contribution >= 0.6 is 11.6 Å². The van der Waals surface area contributed by atoms with Crippen LogP contribution in [0, 0.1) is 0 Å². The van der Waals surface area contributed by atoms with Crippen molar-refractivity contribution in [2.75, 3.05) is 26.2 Å². The second kappa shape index (κ2) is 6.46. The van der Waals surface area contributed by atoms with Gasteiger partial charge < -0.3 is 20.4 Å². The van der Waals surface area contributed by atoms with Crippen LogP contribution in [0.5, 0.6) is 0 Å². The van der Waals surface area contributed by atoms with Crippen molar-refractivity contribution in [3.05, 3.63) is 34.9 Å². The van der Waals surface area contributed by atoms with Crippen LogP contribution in [-0.4, -0.2) is 65.4 Å². The first-order valence-corrected chi connectivity index (χ1v) is 9.22. The molecular formula is C18H21ClN4O3. The van der Waals surface area contributed by atoms with Crippen molar-refractivity contribution < 1.29 is 14.4 Å². The predicted molar refractivity (Wildman–Crippen MR) is 95.7 cm³/mol. The van der Waals surface area contributed by atoms with Gasteiger partial charge in [0.05, 0.1) is 13.1 Å². The zero-order valence-corrected chi connectivity index (χ0v) is 15.1. The zero-order valence-electron chi connectivity index (χ0n) is 14.3. The Kier molecular flexibility index (Phi) is 4.26. The minimum Gasteiger partial charge on any atom is -0.345 e. The molecule has 2 N–H and O–H groups in total. The number of carbonyl (C=O) groups is 3. The van der Waals surface area contributed by atoms with Crippen molar-refractivity contribution in [3.8, 4) is 0 Å². The number of hydrogen-bond acceptors (Lipinski definition) is 3. The zero-order chi connectivity index (χ0) is 18.3. The molecule has 1 aliphatic carbocycles. The molecule has 138 valence electrons. The molecule has 0 bridgehead atoms. The molecule has 7 nitrogen and oxygen atoms in total. The van der Waals surface area contributed by atoms with E-state index < -0.39 is 6.04 Å². The number of benzene rings is 1. The lowest BCUT2D eigenvalue weighted by atomic mass is 10.0. The van der Waals surface area contributed by atoms with E-state index in [0.29, 0.717) is 18.1 Å². The summed E-state index contributed by atoms with van der Waals surface area (Å²) in [5.41, 5.74) is 0.918. The van der Waals surface area contributed by atoms with E-state index in [9.17, 15) is 14.4 Å². The summed E-state index contributed by atoms with van der Waals surface area (Å²) in [6, 6.07) is 6.92. The molecule has 2 heterocycles. The lowest BCUT2D eigenvalue weighted by Crippen LogP contribution is -2.67. The Balaban J connectivity index is 1.38. The van der Waals surface area contributed by atoms with Crippen LogP contribution in [0.1, 0.15) is 18.4 Å². The Morgan fingerprint density at radius 3 is 2.65 bits per heavy atom. The maximum Gasteiger partial charge on any atom is 0.317 e. The van der Waals surface area contributed by atoms with E-state index in [2.05, 4.69) is 10.6 Å². The quantitative estimate of drug-likeness (QED) is 0.817. The number of nitrogens with zero attached hydrogens (tertiary/aromatic N) is 2. The van der Waals surface area contributed by atoms with Gasteiger partial charge in [-0.2, -0.15) is 0 Å². The van der Waals surface area contributed by atoms with Crippen LogP contribution < -0.4 is 10.6 Å². The number of fused-ring (bicyclic) bond motifs is 1. The molecule has 0 unspecified atom stereocenters. The van der Waals surface area contributed by atoms with Crippen molar-refractivity contribution in [2.45, 2.75) is 30.8 Å². The van der Waals surface area contributed by atoms with Crippen molar-refractivity contribution in [2.24, 2.45) is 0 Å². The summed E-state index contributed by atoms with van der Waals surface area (Å²) in [4.78, 5) is 39.9. The van der Waals surface area contributed by atoms with Crippen molar-refractivity contribution in [3.63, 3.8) is 0 Å². The molecule has 0 radical (unpaired) electrons. The summed E-state index contributed by atoms with van der Waals surface area (Å²) < 4.78 is 0. The van der Waals surface area contributed by atoms with Gasteiger partial charge in [-0.15, -0.1) is 0 Å². The van der Waals surface area contributed by atoms with E-state index in [4.69, 9.17) is 11.6 Å². The first-order valence-electron chi connectivity index (χ1n) is 8.85. The molecule has 26 heavy (non-hydrogen) atoms. The average molecular weight is 377 g/mol. The number of hydrogen-bond donors (Lipinski definition) is 2. The van der Waals surface area contributed by atoms with Gasteiger partial charge in [0.2, 0.25) is 11.8 Å². The molecule has 2 aliphatic heterocycles. The molecule has 4 amide bonds. The van der Waals surface area contributed by atoms with Gasteiger partial charge >= 0.3 is 6.03 Å². The van der Waals surface area contributed by atoms with Gasteiger partial charge in [0, 0.05) is 23.7 Å². The lowest BCUT2D eigenvalue weighted by molar-refractivity contribution is -0.148. The van der Waals surface area contributed by atoms with Gasteiger partial charge in [-0.1, -0.05) is 23.7 Å². The minimum absolute atomic E-state index is 0.0474. The summed E-state index contributed by atoms with van der Waals surface area (Å²) in [7, 11) is 0. The Morgan fingerprint density at radius 1 is 1.23 bits per heavy atom. The summed E-state index contributed by atoms with van der Waals surface area (Å²) in [5.74, 6) is -0.277. The first-order chi connectivity index (χ1) is 12.5. The molecule has 1 aromatic carbocycles. The summed E-state index contributed by atoms with van der Waals surface area (Å²) in [5, 5.41) is 6.42. The van der Waals surface area contributed by atoms with Crippen molar-refractivity contribution in [1.82, 2.24) is 20.4 Å². The van der Waals surface area contributed by atoms with E-state index in [0.717, 1.165) is 24.8 Å². The molecule has 4 rings (SSSR count). The highest BCUT2D eigenvalue weighted by Crippen LogP contribution is 2.39. The van der Waals surface area contributed by atoms with Crippen LogP contribution in [0.25, 0.3) is 0 Å². The van der Waals surface area contributed by atoms with Gasteiger partial charge in [-0.25, -0.2) is 4.79 Å². The number of nitrogens with one attached hydrogen (secondary N) is 2. The van der Waals surface area contributed by atoms with Gasteiger partial charge in [-0.05, 0) is 37.0 Å². The topological polar surface area (TPSA) is 81.8 Å². The van der Waals surface area contributed by atoms with E-state index in [-0.39, 0.29) is 36.5 Å². The Morgan fingerprint density at radius 2 is 1.96 bits per heavy atom. The monoisotopic (exact) mass is 376 g/mol. The number of carbonyl (C=O) groups excluding carboxylic acids is 3. The van der Waals surface area contributed by atoms with Crippen LogP contribution in [-0.2, 0) is 16.0 Å². The fourth-order valence-corrected chi connectivity index (χ4v) is 3.79. The maximum absolute atomic E-state index is 12.7. The molecule has 3 fully saturated rings. The van der Waals surface area contributed by atoms with Gasteiger partial charge in [0.15, 0.2) is 0 Å². The molecule has 8 heteroatoms. The number of rotatable bonds is 3. The molecule has 1 atom stereocenters. The standard InChI is InChI=1S/C18H21ClN4O3/c19-13-3-1-12(2-4-13)9-18(5-6-18)21-17(26)22-7-8-23-14(11-22)16(25)20-10-15(23)24/h1-4,14H,5-11H2,(H,20,25)(H,21,26)/t14-/m1/s1. The molecule has 1 aromatic rings. The van der Waals surface area contributed by atoms with Crippen LogP contribution in [0.2, 0.25) is 5.02 Å². The fraction of sp³-hybridized carbons (Fsp3) is 0.500. The summed E-state index contributed by atoms with van der Waals surface area (Å²) in [6.07, 6.45) is 2.63. The minimum atomic E-state index is -0.581. The van der Waals surface area contributed by atoms with Crippen molar-refractivity contribution >= 4 is 29.4 Å².